The molecule has 3 rings (SSSR count). The second-order valence-electron chi connectivity index (χ2n) is 5.43. The van der Waals surface area contributed by atoms with Gasteiger partial charge in [-0.05, 0) is 17.7 Å². The van der Waals surface area contributed by atoms with E-state index < -0.39 is 36.7 Å². The molecule has 140 valence electrons. The van der Waals surface area contributed by atoms with Crippen molar-refractivity contribution >= 4 is 18.1 Å². The van der Waals surface area contributed by atoms with E-state index in [2.05, 4.69) is 9.47 Å². The maximum absolute atomic E-state index is 12.6. The zero-order valence-corrected chi connectivity index (χ0v) is 13.6. The van der Waals surface area contributed by atoms with Crippen LogP contribution in [-0.2, 0) is 9.53 Å². The minimum absolute atomic E-state index is 0.0509. The molecule has 1 atom stereocenters. The summed E-state index contributed by atoms with van der Waals surface area (Å²) in [7, 11) is 0. The molecule has 2 amide bonds. The normalized spacial score (nSPS) is 20.2. The van der Waals surface area contributed by atoms with Gasteiger partial charge in [-0.3, -0.25) is 4.79 Å². The molecule has 2 aromatic rings. The zero-order chi connectivity index (χ0) is 21.2. The molecule has 5 nitrogen and oxygen atoms in total. The Morgan fingerprint density at radius 1 is 1.19 bits per heavy atom. The molecular formula is C19H14F3NO4. The third-order valence-corrected chi connectivity index (χ3v) is 3.62. The van der Waals surface area contributed by atoms with Gasteiger partial charge < -0.3 is 9.47 Å². The molecule has 1 saturated heterocycles. The predicted molar refractivity (Wildman–Crippen MR) is 89.5 cm³/mol. The summed E-state index contributed by atoms with van der Waals surface area (Å²) in [6.45, 7) is -2.47. The number of amides is 2. The van der Waals surface area contributed by atoms with Gasteiger partial charge in [-0.25, -0.2) is 9.69 Å². The second kappa shape index (κ2) is 7.53. The van der Waals surface area contributed by atoms with Crippen molar-refractivity contribution in [1.29, 1.82) is 0 Å². The van der Waals surface area contributed by atoms with Gasteiger partial charge >= 0.3 is 12.5 Å². The lowest BCUT2D eigenvalue weighted by atomic mass is 10.1. The van der Waals surface area contributed by atoms with Gasteiger partial charge in [0.2, 0.25) is 0 Å². The average Bonchev–Trinajstić information content (AvgIpc) is 2.88. The first-order valence-electron chi connectivity index (χ1n) is 8.72. The van der Waals surface area contributed by atoms with Crippen molar-refractivity contribution in [2.75, 3.05) is 6.56 Å². The Morgan fingerprint density at radius 2 is 1.85 bits per heavy atom. The molecule has 2 aromatic carbocycles. The fraction of sp³-hybridized carbons (Fsp3) is 0.158. The number of hydrogen-bond donors (Lipinski definition) is 0. The lowest BCUT2D eigenvalue weighted by Gasteiger charge is -2.18. The number of carbonyl (C=O) groups excluding carboxylic acids is 2. The van der Waals surface area contributed by atoms with Crippen molar-refractivity contribution in [3.05, 3.63) is 71.8 Å². The number of para-hydroxylation sites is 1. The maximum Gasteiger partial charge on any atom is 0.573 e. The van der Waals surface area contributed by atoms with Crippen LogP contribution < -0.4 is 4.74 Å². The van der Waals surface area contributed by atoms with E-state index in [9.17, 15) is 22.8 Å². The Kier molecular flexibility index (Phi) is 4.44. The summed E-state index contributed by atoms with van der Waals surface area (Å²) >= 11 is 0. The Balaban J connectivity index is 1.89. The molecule has 0 N–H and O–H groups in total. The van der Waals surface area contributed by atoms with E-state index in [4.69, 9.17) is 2.74 Å². The SMILES string of the molecule is [2H]C1([2H])OC(=O)N(C(=O)/C=C/c2ccccc2OC(F)(F)F)C1c1ccccc1. The van der Waals surface area contributed by atoms with Crippen LogP contribution in [-0.4, -0.2) is 29.8 Å². The van der Waals surface area contributed by atoms with Gasteiger partial charge in [-0.2, -0.15) is 0 Å². The van der Waals surface area contributed by atoms with E-state index in [-0.39, 0.29) is 5.56 Å². The summed E-state index contributed by atoms with van der Waals surface area (Å²) in [6, 6.07) is 11.8. The summed E-state index contributed by atoms with van der Waals surface area (Å²) < 4.78 is 62.0. The van der Waals surface area contributed by atoms with Crippen LogP contribution in [0.1, 0.15) is 19.9 Å². The van der Waals surface area contributed by atoms with Gasteiger partial charge in [0, 0.05) is 11.6 Å². The highest BCUT2D eigenvalue weighted by Gasteiger charge is 2.38. The molecule has 0 aliphatic carbocycles. The maximum atomic E-state index is 12.6. The van der Waals surface area contributed by atoms with E-state index in [1.807, 2.05) is 0 Å². The van der Waals surface area contributed by atoms with Gasteiger partial charge in [-0.1, -0.05) is 48.5 Å². The molecule has 1 aliphatic heterocycles. The minimum atomic E-state index is -4.92. The van der Waals surface area contributed by atoms with Crippen LogP contribution in [0.15, 0.2) is 60.7 Å². The van der Waals surface area contributed by atoms with Gasteiger partial charge in [-0.15, -0.1) is 13.2 Å². The quantitative estimate of drug-likeness (QED) is 0.743. The summed E-state index contributed by atoms with van der Waals surface area (Å²) in [5.74, 6) is -1.48. The molecule has 0 radical (unpaired) electrons. The van der Waals surface area contributed by atoms with Crippen LogP contribution in [0.25, 0.3) is 6.08 Å². The fourth-order valence-electron chi connectivity index (χ4n) is 2.46. The number of halogens is 3. The van der Waals surface area contributed by atoms with Crippen molar-refractivity contribution in [2.24, 2.45) is 0 Å². The van der Waals surface area contributed by atoms with Crippen molar-refractivity contribution in [3.8, 4) is 5.75 Å². The number of imide groups is 1. The van der Waals surface area contributed by atoms with E-state index in [0.29, 0.717) is 10.5 Å². The van der Waals surface area contributed by atoms with Gasteiger partial charge in [0.05, 0.1) is 2.74 Å². The third-order valence-electron chi connectivity index (χ3n) is 3.62. The molecule has 1 aliphatic rings. The highest BCUT2D eigenvalue weighted by Crippen LogP contribution is 2.29. The van der Waals surface area contributed by atoms with E-state index in [1.165, 1.54) is 30.3 Å². The lowest BCUT2D eigenvalue weighted by Crippen LogP contribution is -2.32. The number of rotatable bonds is 4. The van der Waals surface area contributed by atoms with E-state index >= 15 is 0 Å². The van der Waals surface area contributed by atoms with Gasteiger partial charge in [0.15, 0.2) is 0 Å². The molecular weight excluding hydrogens is 363 g/mol. The summed E-state index contributed by atoms with van der Waals surface area (Å²) in [4.78, 5) is 25.3. The molecule has 27 heavy (non-hydrogen) atoms. The largest absolute Gasteiger partial charge is 0.573 e. The molecule has 1 heterocycles. The van der Waals surface area contributed by atoms with Crippen molar-refractivity contribution in [3.63, 3.8) is 0 Å². The number of carbonyl (C=O) groups is 2. The lowest BCUT2D eigenvalue weighted by molar-refractivity contribution is -0.274. The van der Waals surface area contributed by atoms with Crippen LogP contribution >= 0.6 is 0 Å². The Bertz CT molecular complexity index is 948. The second-order valence-corrected chi connectivity index (χ2v) is 5.43. The highest BCUT2D eigenvalue weighted by molar-refractivity contribution is 6.02. The van der Waals surface area contributed by atoms with Crippen LogP contribution in [0.5, 0.6) is 5.75 Å². The number of alkyl halides is 3. The number of benzene rings is 2. The van der Waals surface area contributed by atoms with Crippen LogP contribution in [0, 0.1) is 0 Å². The molecule has 1 unspecified atom stereocenters. The molecule has 0 aromatic heterocycles. The summed E-state index contributed by atoms with van der Waals surface area (Å²) in [5, 5.41) is 0. The summed E-state index contributed by atoms with van der Waals surface area (Å²) in [5.41, 5.74) is 0.274. The van der Waals surface area contributed by atoms with Crippen molar-refractivity contribution in [1.82, 2.24) is 4.90 Å². The third kappa shape index (κ3) is 4.46. The molecule has 1 fully saturated rings. The van der Waals surface area contributed by atoms with Crippen LogP contribution in [0.4, 0.5) is 18.0 Å². The molecule has 0 spiro atoms. The van der Waals surface area contributed by atoms with Gasteiger partial charge in [0.1, 0.15) is 18.4 Å². The zero-order valence-electron chi connectivity index (χ0n) is 15.6. The topological polar surface area (TPSA) is 55.8 Å². The first-order valence-corrected chi connectivity index (χ1v) is 7.72. The van der Waals surface area contributed by atoms with Gasteiger partial charge in [0.25, 0.3) is 5.91 Å². The standard InChI is InChI=1S/C19H14F3NO4/c20-19(21,22)27-16-9-5-4-8-14(16)10-11-17(24)23-15(12-26-18(23)25)13-6-2-1-3-7-13/h1-11,15H,12H2/b11-10+/i12D2. The number of ether oxygens (including phenoxy) is 2. The first kappa shape index (κ1) is 15.9. The van der Waals surface area contributed by atoms with Crippen molar-refractivity contribution in [2.45, 2.75) is 12.4 Å². The minimum Gasteiger partial charge on any atom is -0.446 e. The smallest absolute Gasteiger partial charge is 0.446 e. The fourth-order valence-corrected chi connectivity index (χ4v) is 2.46. The van der Waals surface area contributed by atoms with E-state index in [0.717, 1.165) is 18.2 Å². The first-order chi connectivity index (χ1) is 13.6. The summed E-state index contributed by atoms with van der Waals surface area (Å²) in [6.07, 6.45) is -4.20. The van der Waals surface area contributed by atoms with Crippen LogP contribution in [0.3, 0.4) is 0 Å². The Labute approximate surface area is 155 Å². The van der Waals surface area contributed by atoms with Crippen molar-refractivity contribution < 1.29 is 35.0 Å². The Hall–Kier alpha value is -3.29. The predicted octanol–water partition coefficient (Wildman–Crippen LogP) is 4.32. The molecule has 0 bridgehead atoms. The molecule has 0 saturated carbocycles. The highest BCUT2D eigenvalue weighted by atomic mass is 19.4. The van der Waals surface area contributed by atoms with E-state index in [1.54, 1.807) is 18.2 Å². The van der Waals surface area contributed by atoms with Crippen LogP contribution in [0.2, 0.25) is 0 Å². The Morgan fingerprint density at radius 3 is 2.56 bits per heavy atom. The monoisotopic (exact) mass is 379 g/mol. The average molecular weight is 379 g/mol. The number of cyclic esters (lactones) is 1. The molecule has 8 heteroatoms. The number of hydrogen-bond acceptors (Lipinski definition) is 4. The number of nitrogens with zero attached hydrogens (tertiary/aromatic N) is 1.